The summed E-state index contributed by atoms with van der Waals surface area (Å²) in [4.78, 5) is 14.5. The average Bonchev–Trinajstić information content (AvgIpc) is 2.40. The van der Waals surface area contributed by atoms with Crippen molar-refractivity contribution in [3.63, 3.8) is 0 Å². The van der Waals surface area contributed by atoms with Crippen LogP contribution in [-0.2, 0) is 4.79 Å². The van der Waals surface area contributed by atoms with Gasteiger partial charge in [0.15, 0.2) is 0 Å². The van der Waals surface area contributed by atoms with Gasteiger partial charge in [0.2, 0.25) is 5.91 Å². The van der Waals surface area contributed by atoms with Crippen molar-refractivity contribution in [3.8, 4) is 0 Å². The molecule has 2 fully saturated rings. The topological polar surface area (TPSA) is 44.4 Å². The molecular weight excluding hydrogens is 250 g/mol. The van der Waals surface area contributed by atoms with E-state index in [2.05, 4.69) is 22.5 Å². The minimum atomic E-state index is 0. The first-order valence-electron chi connectivity index (χ1n) is 7.03. The number of hydrogen-bond donors (Lipinski definition) is 2. The van der Waals surface area contributed by atoms with Crippen molar-refractivity contribution in [2.75, 3.05) is 32.7 Å². The van der Waals surface area contributed by atoms with Gasteiger partial charge in [-0.05, 0) is 38.8 Å². The van der Waals surface area contributed by atoms with Gasteiger partial charge < -0.3 is 15.5 Å². The molecule has 0 saturated carbocycles. The Hall–Kier alpha value is -0.320. The standard InChI is InChI=1S/C13H25N3O.ClH/c1-2-16-8-5-12(6-9-16)15-13(17)11-4-3-7-14-10-11;/h11-12,14H,2-10H2,1H3,(H,15,17);1H/t11-;/m1./s1. The number of nitrogens with zero attached hydrogens (tertiary/aromatic N) is 1. The van der Waals surface area contributed by atoms with Gasteiger partial charge in [0.25, 0.3) is 0 Å². The lowest BCUT2D eigenvalue weighted by Gasteiger charge is -2.32. The number of nitrogens with one attached hydrogen (secondary N) is 2. The molecule has 106 valence electrons. The Morgan fingerprint density at radius 2 is 2.06 bits per heavy atom. The number of carbonyl (C=O) groups is 1. The fourth-order valence-corrected chi connectivity index (χ4v) is 2.79. The molecule has 0 radical (unpaired) electrons. The van der Waals surface area contributed by atoms with Crippen LogP contribution in [0.25, 0.3) is 0 Å². The normalized spacial score (nSPS) is 26.4. The van der Waals surface area contributed by atoms with E-state index in [4.69, 9.17) is 0 Å². The highest BCUT2D eigenvalue weighted by Crippen LogP contribution is 2.13. The van der Waals surface area contributed by atoms with Crippen LogP contribution in [0.3, 0.4) is 0 Å². The summed E-state index contributed by atoms with van der Waals surface area (Å²) in [5, 5.41) is 6.53. The minimum absolute atomic E-state index is 0. The Balaban J connectivity index is 0.00000162. The minimum Gasteiger partial charge on any atom is -0.353 e. The summed E-state index contributed by atoms with van der Waals surface area (Å²) in [6, 6.07) is 0.409. The second-order valence-electron chi connectivity index (χ2n) is 5.26. The number of hydrogen-bond acceptors (Lipinski definition) is 3. The van der Waals surface area contributed by atoms with E-state index in [1.165, 1.54) is 0 Å². The van der Waals surface area contributed by atoms with Crippen molar-refractivity contribution >= 4 is 18.3 Å². The third-order valence-electron chi connectivity index (χ3n) is 4.05. The third-order valence-corrected chi connectivity index (χ3v) is 4.05. The van der Waals surface area contributed by atoms with Crippen molar-refractivity contribution in [1.29, 1.82) is 0 Å². The Bertz CT molecular complexity index is 249. The Kier molecular flexibility index (Phi) is 6.97. The predicted octanol–water partition coefficient (Wildman–Crippen LogP) is 1.01. The van der Waals surface area contributed by atoms with Crippen LogP contribution in [0.2, 0.25) is 0 Å². The fraction of sp³-hybridized carbons (Fsp3) is 0.923. The molecule has 0 aliphatic carbocycles. The maximum Gasteiger partial charge on any atom is 0.224 e. The highest BCUT2D eigenvalue weighted by atomic mass is 35.5. The lowest BCUT2D eigenvalue weighted by molar-refractivity contribution is -0.126. The molecule has 0 aromatic carbocycles. The second-order valence-corrected chi connectivity index (χ2v) is 5.26. The van der Waals surface area contributed by atoms with Gasteiger partial charge in [-0.3, -0.25) is 4.79 Å². The van der Waals surface area contributed by atoms with Gasteiger partial charge in [-0.1, -0.05) is 6.92 Å². The number of halogens is 1. The molecule has 2 saturated heterocycles. The monoisotopic (exact) mass is 275 g/mol. The smallest absolute Gasteiger partial charge is 0.224 e. The summed E-state index contributed by atoms with van der Waals surface area (Å²) >= 11 is 0. The molecule has 2 heterocycles. The predicted molar refractivity (Wildman–Crippen MR) is 76.1 cm³/mol. The number of likely N-dealkylation sites (tertiary alicyclic amines) is 1. The molecule has 2 aliphatic rings. The van der Waals surface area contributed by atoms with E-state index in [1.807, 2.05) is 0 Å². The van der Waals surface area contributed by atoms with E-state index in [-0.39, 0.29) is 24.2 Å². The maximum absolute atomic E-state index is 12.1. The van der Waals surface area contributed by atoms with Gasteiger partial charge in [0.05, 0.1) is 5.92 Å². The lowest BCUT2D eigenvalue weighted by atomic mass is 9.97. The van der Waals surface area contributed by atoms with Crippen LogP contribution in [0.1, 0.15) is 32.6 Å². The van der Waals surface area contributed by atoms with Crippen LogP contribution in [-0.4, -0.2) is 49.6 Å². The van der Waals surface area contributed by atoms with Crippen molar-refractivity contribution in [2.45, 2.75) is 38.6 Å². The molecule has 4 nitrogen and oxygen atoms in total. The molecule has 1 amide bonds. The zero-order valence-electron chi connectivity index (χ0n) is 11.3. The SMILES string of the molecule is CCN1CCC(NC(=O)[C@@H]2CCCNC2)CC1.Cl. The molecule has 0 bridgehead atoms. The highest BCUT2D eigenvalue weighted by molar-refractivity contribution is 5.85. The first-order valence-corrected chi connectivity index (χ1v) is 7.03. The van der Waals surface area contributed by atoms with Crippen LogP contribution in [0.15, 0.2) is 0 Å². The molecule has 18 heavy (non-hydrogen) atoms. The van der Waals surface area contributed by atoms with Gasteiger partial charge in [0.1, 0.15) is 0 Å². The van der Waals surface area contributed by atoms with E-state index < -0.39 is 0 Å². The molecule has 2 rings (SSSR count). The van der Waals surface area contributed by atoms with Gasteiger partial charge in [0, 0.05) is 25.7 Å². The molecule has 0 aromatic rings. The molecule has 0 unspecified atom stereocenters. The number of carbonyl (C=O) groups excluding carboxylic acids is 1. The molecule has 2 aliphatic heterocycles. The zero-order valence-corrected chi connectivity index (χ0v) is 12.1. The number of piperidine rings is 2. The Labute approximate surface area is 116 Å². The molecule has 2 N–H and O–H groups in total. The molecular formula is C13H26ClN3O. The Morgan fingerprint density at radius 3 is 2.61 bits per heavy atom. The summed E-state index contributed by atoms with van der Waals surface area (Å²) in [5.41, 5.74) is 0. The van der Waals surface area contributed by atoms with Gasteiger partial charge >= 0.3 is 0 Å². The Morgan fingerprint density at radius 1 is 1.33 bits per heavy atom. The molecule has 5 heteroatoms. The van der Waals surface area contributed by atoms with Crippen LogP contribution in [0.5, 0.6) is 0 Å². The van der Waals surface area contributed by atoms with Crippen LogP contribution in [0, 0.1) is 5.92 Å². The van der Waals surface area contributed by atoms with Crippen LogP contribution >= 0.6 is 12.4 Å². The van der Waals surface area contributed by atoms with Crippen LogP contribution in [0.4, 0.5) is 0 Å². The number of rotatable bonds is 3. The third kappa shape index (κ3) is 4.41. The van der Waals surface area contributed by atoms with Crippen molar-refractivity contribution < 1.29 is 4.79 Å². The van der Waals surface area contributed by atoms with E-state index in [1.54, 1.807) is 0 Å². The quantitative estimate of drug-likeness (QED) is 0.808. The summed E-state index contributed by atoms with van der Waals surface area (Å²) in [7, 11) is 0. The van der Waals surface area contributed by atoms with E-state index >= 15 is 0 Å². The van der Waals surface area contributed by atoms with Crippen molar-refractivity contribution in [1.82, 2.24) is 15.5 Å². The highest BCUT2D eigenvalue weighted by Gasteiger charge is 2.25. The van der Waals surface area contributed by atoms with E-state index in [0.29, 0.717) is 6.04 Å². The maximum atomic E-state index is 12.1. The summed E-state index contributed by atoms with van der Waals surface area (Å²) < 4.78 is 0. The largest absolute Gasteiger partial charge is 0.353 e. The van der Waals surface area contributed by atoms with Crippen LogP contribution < -0.4 is 10.6 Å². The van der Waals surface area contributed by atoms with Gasteiger partial charge in [-0.25, -0.2) is 0 Å². The van der Waals surface area contributed by atoms with Crippen molar-refractivity contribution in [3.05, 3.63) is 0 Å². The summed E-state index contributed by atoms with van der Waals surface area (Å²) in [6.07, 6.45) is 4.40. The lowest BCUT2D eigenvalue weighted by Crippen LogP contribution is -2.48. The summed E-state index contributed by atoms with van der Waals surface area (Å²) in [6.45, 7) is 7.52. The van der Waals surface area contributed by atoms with E-state index in [0.717, 1.165) is 58.4 Å². The van der Waals surface area contributed by atoms with Gasteiger partial charge in [-0.2, -0.15) is 0 Å². The van der Waals surface area contributed by atoms with E-state index in [9.17, 15) is 4.79 Å². The number of amides is 1. The first kappa shape index (κ1) is 15.7. The second kappa shape index (κ2) is 7.97. The molecule has 1 atom stereocenters. The summed E-state index contributed by atoms with van der Waals surface area (Å²) in [5.74, 6) is 0.472. The van der Waals surface area contributed by atoms with Gasteiger partial charge in [-0.15, -0.1) is 12.4 Å². The molecule has 0 aromatic heterocycles. The first-order chi connectivity index (χ1) is 8.29. The molecule has 0 spiro atoms. The van der Waals surface area contributed by atoms with Crippen molar-refractivity contribution in [2.24, 2.45) is 5.92 Å². The average molecular weight is 276 g/mol. The fourth-order valence-electron chi connectivity index (χ4n) is 2.79. The zero-order chi connectivity index (χ0) is 12.1.